The van der Waals surface area contributed by atoms with Gasteiger partial charge in [-0.2, -0.15) is 0 Å². The van der Waals surface area contributed by atoms with E-state index in [9.17, 15) is 19.2 Å². The van der Waals surface area contributed by atoms with Gasteiger partial charge in [-0.1, -0.05) is 18.2 Å². The Morgan fingerprint density at radius 1 is 1.03 bits per heavy atom. The van der Waals surface area contributed by atoms with Gasteiger partial charge in [0.1, 0.15) is 5.69 Å². The third kappa shape index (κ3) is 3.29. The highest BCUT2D eigenvalue weighted by molar-refractivity contribution is 6.06. The molecular weight excluding hydrogens is 398 g/mol. The lowest BCUT2D eigenvalue weighted by Gasteiger charge is -2.09. The number of carbonyl (C=O) groups is 1. The van der Waals surface area contributed by atoms with Crippen molar-refractivity contribution in [3.05, 3.63) is 90.8 Å². The van der Waals surface area contributed by atoms with Crippen molar-refractivity contribution in [3.63, 3.8) is 0 Å². The first kappa shape index (κ1) is 20.1. The number of amides is 1. The number of nitrogens with one attached hydrogen (secondary N) is 2. The van der Waals surface area contributed by atoms with Gasteiger partial charge in [-0.25, -0.2) is 4.68 Å². The molecule has 0 radical (unpaired) electrons. The maximum atomic E-state index is 13.0. The van der Waals surface area contributed by atoms with E-state index in [1.54, 1.807) is 49.8 Å². The molecule has 2 aromatic carbocycles. The highest BCUT2D eigenvalue weighted by Gasteiger charge is 2.19. The monoisotopic (exact) mass is 419 g/mol. The van der Waals surface area contributed by atoms with Gasteiger partial charge < -0.3 is 14.9 Å². The van der Waals surface area contributed by atoms with Gasteiger partial charge in [0.2, 0.25) is 0 Å². The van der Waals surface area contributed by atoms with Crippen LogP contribution in [0.15, 0.2) is 62.9 Å². The average molecular weight is 419 g/mol. The molecule has 0 spiro atoms. The number of aromatic amines is 1. The minimum atomic E-state index is -0.753. The number of hydrogen-bond acceptors (Lipinski definition) is 4. The second-order valence-electron chi connectivity index (χ2n) is 7.13. The Balaban J connectivity index is 1.75. The minimum absolute atomic E-state index is 0.170. The lowest BCUT2D eigenvalue weighted by molar-refractivity contribution is 0.102. The van der Waals surface area contributed by atoms with Gasteiger partial charge in [-0.15, -0.1) is 0 Å². The zero-order chi connectivity index (χ0) is 22.3. The highest BCUT2D eigenvalue weighted by atomic mass is 16.2. The number of benzene rings is 2. The van der Waals surface area contributed by atoms with E-state index in [0.29, 0.717) is 29.0 Å². The van der Waals surface area contributed by atoms with Gasteiger partial charge in [0.05, 0.1) is 22.4 Å². The van der Waals surface area contributed by atoms with Crippen molar-refractivity contribution >= 4 is 22.6 Å². The quantitative estimate of drug-likeness (QED) is 0.491. The van der Waals surface area contributed by atoms with E-state index in [1.165, 1.54) is 15.3 Å². The van der Waals surface area contributed by atoms with Crippen LogP contribution in [0.3, 0.4) is 0 Å². The lowest BCUT2D eigenvalue weighted by Crippen LogP contribution is -2.36. The summed E-state index contributed by atoms with van der Waals surface area (Å²) in [5, 5.41) is 2.69. The molecule has 0 aliphatic carbocycles. The molecule has 4 aromatic rings. The molecule has 0 saturated heterocycles. The van der Waals surface area contributed by atoms with Crippen molar-refractivity contribution in [3.8, 4) is 5.69 Å². The number of nitrogens with zero attached hydrogens (tertiary/aromatic N) is 3. The molecule has 0 unspecified atom stereocenters. The number of anilines is 1. The fourth-order valence-electron chi connectivity index (χ4n) is 3.63. The number of rotatable bonds is 4. The van der Waals surface area contributed by atoms with Crippen molar-refractivity contribution < 1.29 is 4.79 Å². The van der Waals surface area contributed by atoms with E-state index in [2.05, 4.69) is 10.3 Å². The first-order valence-corrected chi connectivity index (χ1v) is 9.75. The van der Waals surface area contributed by atoms with Crippen LogP contribution in [0, 0.1) is 6.92 Å². The molecule has 0 saturated carbocycles. The number of H-pyrrole nitrogens is 1. The Hall–Kier alpha value is -4.14. The van der Waals surface area contributed by atoms with Gasteiger partial charge in [0, 0.05) is 19.2 Å². The van der Waals surface area contributed by atoms with E-state index in [1.807, 2.05) is 18.2 Å². The predicted octanol–water partition coefficient (Wildman–Crippen LogP) is 1.76. The maximum Gasteiger partial charge on any atom is 0.316 e. The van der Waals surface area contributed by atoms with Crippen LogP contribution in [0.25, 0.3) is 16.7 Å². The number of aromatic nitrogens is 4. The fraction of sp³-hybridized carbons (Fsp3) is 0.182. The first-order chi connectivity index (χ1) is 14.8. The number of carbonyl (C=O) groups excluding carboxylic acids is 1. The minimum Gasteiger partial charge on any atom is -0.316 e. The van der Waals surface area contributed by atoms with Gasteiger partial charge in [0.25, 0.3) is 11.5 Å². The zero-order valence-corrected chi connectivity index (χ0v) is 17.3. The van der Waals surface area contributed by atoms with Crippen molar-refractivity contribution in [1.82, 2.24) is 18.9 Å². The van der Waals surface area contributed by atoms with E-state index in [4.69, 9.17) is 0 Å². The van der Waals surface area contributed by atoms with Gasteiger partial charge in [-0.05, 0) is 44.2 Å². The summed E-state index contributed by atoms with van der Waals surface area (Å²) in [6.45, 7) is 3.83. The Kier molecular flexibility index (Phi) is 4.94. The molecule has 0 atom stereocenters. The van der Waals surface area contributed by atoms with Crippen molar-refractivity contribution in [1.29, 1.82) is 0 Å². The third-order valence-corrected chi connectivity index (χ3v) is 5.35. The number of aryl methyl sites for hydroxylation is 1. The van der Waals surface area contributed by atoms with Crippen LogP contribution in [-0.2, 0) is 13.6 Å². The van der Waals surface area contributed by atoms with Crippen LogP contribution in [0.2, 0.25) is 0 Å². The topological polar surface area (TPSA) is 111 Å². The summed E-state index contributed by atoms with van der Waals surface area (Å²) < 4.78 is 4.49. The lowest BCUT2D eigenvalue weighted by atomic mass is 10.1. The summed E-state index contributed by atoms with van der Waals surface area (Å²) in [5.41, 5.74) is 0.827. The molecule has 158 valence electrons. The molecular formula is C22H21N5O4. The van der Waals surface area contributed by atoms with Crippen LogP contribution < -0.4 is 22.0 Å². The Morgan fingerprint density at radius 2 is 1.74 bits per heavy atom. The van der Waals surface area contributed by atoms with Gasteiger partial charge in [0.15, 0.2) is 0 Å². The van der Waals surface area contributed by atoms with Crippen molar-refractivity contribution in [2.24, 2.45) is 7.05 Å². The highest BCUT2D eigenvalue weighted by Crippen LogP contribution is 2.17. The van der Waals surface area contributed by atoms with Crippen LogP contribution >= 0.6 is 0 Å². The fourth-order valence-corrected chi connectivity index (χ4v) is 3.63. The van der Waals surface area contributed by atoms with Crippen LogP contribution in [-0.4, -0.2) is 24.8 Å². The molecule has 2 aromatic heterocycles. The molecule has 0 aliphatic rings. The predicted molar refractivity (Wildman–Crippen MR) is 118 cm³/mol. The number of para-hydroxylation sites is 1. The normalized spacial score (nSPS) is 11.1. The maximum absolute atomic E-state index is 13.0. The first-order valence-electron chi connectivity index (χ1n) is 9.75. The third-order valence-electron chi connectivity index (χ3n) is 5.35. The van der Waals surface area contributed by atoms with Crippen LogP contribution in [0.1, 0.15) is 23.0 Å². The molecule has 9 heteroatoms. The number of hydrogen-bond donors (Lipinski definition) is 2. The average Bonchev–Trinajstić information content (AvgIpc) is 2.98. The Morgan fingerprint density at radius 3 is 2.42 bits per heavy atom. The molecule has 1 amide bonds. The summed E-state index contributed by atoms with van der Waals surface area (Å²) >= 11 is 0. The Labute approximate surface area is 176 Å². The van der Waals surface area contributed by atoms with E-state index >= 15 is 0 Å². The van der Waals surface area contributed by atoms with E-state index in [0.717, 1.165) is 0 Å². The summed E-state index contributed by atoms with van der Waals surface area (Å²) in [6, 6.07) is 13.8. The standard InChI is InChI=1S/C22H21N5O4/c1-4-26-17-11-10-14(12-16(17)23-20(29)22(26)31)19(28)24-18-13(2)25(3)27(21(18)30)15-8-6-5-7-9-15/h5-12H,4H2,1-3H3,(H,23,29)(H,24,28). The largest absolute Gasteiger partial charge is 0.316 e. The molecule has 31 heavy (non-hydrogen) atoms. The second kappa shape index (κ2) is 7.60. The molecule has 0 bridgehead atoms. The molecule has 0 aliphatic heterocycles. The molecule has 2 heterocycles. The summed E-state index contributed by atoms with van der Waals surface area (Å²) in [5.74, 6) is -0.497. The summed E-state index contributed by atoms with van der Waals surface area (Å²) in [4.78, 5) is 52.3. The number of fused-ring (bicyclic) bond motifs is 1. The molecule has 4 rings (SSSR count). The SMILES string of the molecule is CCn1c(=O)c(=O)[nH]c2cc(C(=O)Nc3c(C)n(C)n(-c4ccccc4)c3=O)ccc21. The molecule has 0 fully saturated rings. The van der Waals surface area contributed by atoms with Gasteiger partial charge in [-0.3, -0.25) is 23.9 Å². The smallest absolute Gasteiger partial charge is 0.316 e. The molecule has 2 N–H and O–H groups in total. The summed E-state index contributed by atoms with van der Waals surface area (Å²) in [7, 11) is 1.74. The van der Waals surface area contributed by atoms with Crippen LogP contribution in [0.5, 0.6) is 0 Å². The molecule has 9 nitrogen and oxygen atoms in total. The van der Waals surface area contributed by atoms with Crippen molar-refractivity contribution in [2.75, 3.05) is 5.32 Å². The van der Waals surface area contributed by atoms with Crippen molar-refractivity contribution in [2.45, 2.75) is 20.4 Å². The zero-order valence-electron chi connectivity index (χ0n) is 17.3. The van der Waals surface area contributed by atoms with Crippen LogP contribution in [0.4, 0.5) is 5.69 Å². The summed E-state index contributed by atoms with van der Waals surface area (Å²) in [6.07, 6.45) is 0. The van der Waals surface area contributed by atoms with Gasteiger partial charge >= 0.3 is 11.1 Å². The van der Waals surface area contributed by atoms with E-state index < -0.39 is 17.0 Å². The second-order valence-corrected chi connectivity index (χ2v) is 7.13. The van der Waals surface area contributed by atoms with E-state index in [-0.39, 0.29) is 16.8 Å². The Bertz CT molecular complexity index is 1490.